The van der Waals surface area contributed by atoms with Gasteiger partial charge in [-0.2, -0.15) is 0 Å². The Labute approximate surface area is 110 Å². The maximum absolute atomic E-state index is 11.7. The van der Waals surface area contributed by atoms with E-state index in [1.54, 1.807) is 11.9 Å². The molecule has 0 N–H and O–H groups in total. The summed E-state index contributed by atoms with van der Waals surface area (Å²) >= 11 is 0. The summed E-state index contributed by atoms with van der Waals surface area (Å²) in [6.07, 6.45) is 0. The van der Waals surface area contributed by atoms with Crippen LogP contribution in [0.4, 0.5) is 8.78 Å². The first-order valence-electron chi connectivity index (χ1n) is 6.79. The van der Waals surface area contributed by atoms with Gasteiger partial charge in [0, 0.05) is 19.1 Å². The first-order valence-corrected chi connectivity index (χ1v) is 6.79. The third kappa shape index (κ3) is 7.24. The van der Waals surface area contributed by atoms with Crippen molar-refractivity contribution in [1.82, 2.24) is 9.80 Å². The number of rotatable bonds is 1. The Morgan fingerprint density at radius 3 is 1.67 bits per heavy atom. The van der Waals surface area contributed by atoms with Crippen molar-refractivity contribution in [2.75, 3.05) is 46.4 Å². The summed E-state index contributed by atoms with van der Waals surface area (Å²) in [5, 5.41) is 0. The molecule has 2 heterocycles. The predicted octanol–water partition coefficient (Wildman–Crippen LogP) is 2.32. The Bertz CT molecular complexity index is 199. The molecule has 0 unspecified atom stereocenters. The second-order valence-corrected chi connectivity index (χ2v) is 4.77. The minimum Gasteiger partial charge on any atom is -0.379 e. The largest absolute Gasteiger partial charge is 0.379 e. The summed E-state index contributed by atoms with van der Waals surface area (Å²) < 4.78 is 28.7. The van der Waals surface area contributed by atoms with Gasteiger partial charge < -0.3 is 4.74 Å². The van der Waals surface area contributed by atoms with Crippen molar-refractivity contribution in [3.63, 3.8) is 0 Å². The Hall–Kier alpha value is -0.260. The molecule has 0 aromatic carbocycles. The van der Waals surface area contributed by atoms with Gasteiger partial charge in [0.15, 0.2) is 0 Å². The zero-order chi connectivity index (χ0) is 14.2. The number of nitrogens with zero attached hydrogens (tertiary/aromatic N) is 2. The molecular formula is C13H28F2N2O. The van der Waals surface area contributed by atoms with Gasteiger partial charge >= 0.3 is 0 Å². The Kier molecular flexibility index (Phi) is 8.65. The molecule has 5 heteroatoms. The molecule has 3 nitrogen and oxygen atoms in total. The molecule has 0 spiro atoms. The van der Waals surface area contributed by atoms with Crippen LogP contribution in [0.1, 0.15) is 27.7 Å². The van der Waals surface area contributed by atoms with Crippen LogP contribution >= 0.6 is 0 Å². The second kappa shape index (κ2) is 8.77. The lowest BCUT2D eigenvalue weighted by atomic mass is 10.2. The number of hydrogen-bond donors (Lipinski definition) is 0. The van der Waals surface area contributed by atoms with Crippen molar-refractivity contribution in [2.24, 2.45) is 0 Å². The normalized spacial score (nSPS) is 23.3. The maximum Gasteiger partial charge on any atom is 0.272 e. The van der Waals surface area contributed by atoms with Crippen LogP contribution in [-0.2, 0) is 4.74 Å². The molecule has 0 aromatic heterocycles. The lowest BCUT2D eigenvalue weighted by Crippen LogP contribution is -2.53. The van der Waals surface area contributed by atoms with Gasteiger partial charge in [0.25, 0.3) is 5.92 Å². The van der Waals surface area contributed by atoms with Crippen molar-refractivity contribution < 1.29 is 13.5 Å². The number of hydrogen-bond acceptors (Lipinski definition) is 3. The average molecular weight is 266 g/mol. The van der Waals surface area contributed by atoms with E-state index >= 15 is 0 Å². The lowest BCUT2D eigenvalue weighted by molar-refractivity contribution is -0.119. The minimum atomic E-state index is -2.38. The molecule has 0 atom stereocenters. The topological polar surface area (TPSA) is 15.7 Å². The first-order chi connectivity index (χ1) is 8.41. The predicted molar refractivity (Wildman–Crippen MR) is 71.3 cm³/mol. The lowest BCUT2D eigenvalue weighted by Gasteiger charge is -2.35. The van der Waals surface area contributed by atoms with E-state index in [0.29, 0.717) is 6.04 Å². The average Bonchev–Trinajstić information content (AvgIpc) is 2.31. The van der Waals surface area contributed by atoms with Crippen molar-refractivity contribution in [3.05, 3.63) is 0 Å². The number of halogens is 2. The summed E-state index contributed by atoms with van der Waals surface area (Å²) in [6.45, 7) is 12.4. The molecule has 0 aromatic rings. The van der Waals surface area contributed by atoms with Crippen LogP contribution in [-0.4, -0.2) is 68.2 Å². The number of ether oxygens (including phenoxy) is 1. The van der Waals surface area contributed by atoms with Crippen LogP contribution in [0.25, 0.3) is 0 Å². The van der Waals surface area contributed by atoms with Crippen molar-refractivity contribution >= 4 is 0 Å². The molecule has 2 aliphatic heterocycles. The van der Waals surface area contributed by atoms with Gasteiger partial charge in [-0.05, 0) is 20.9 Å². The molecule has 0 amide bonds. The molecule has 0 aliphatic carbocycles. The van der Waals surface area contributed by atoms with E-state index in [9.17, 15) is 8.78 Å². The quantitative estimate of drug-likeness (QED) is 0.724. The summed E-state index contributed by atoms with van der Waals surface area (Å²) in [5.41, 5.74) is 0. The number of alkyl halides is 2. The molecule has 2 rings (SSSR count). The molecule has 2 saturated heterocycles. The summed E-state index contributed by atoms with van der Waals surface area (Å²) in [6, 6.07) is 0.689. The molecule has 2 aliphatic rings. The van der Waals surface area contributed by atoms with E-state index in [-0.39, 0.29) is 13.1 Å². The van der Waals surface area contributed by atoms with Crippen LogP contribution in [0.5, 0.6) is 0 Å². The Balaban J connectivity index is 0.000000289. The van der Waals surface area contributed by atoms with Gasteiger partial charge in [0.05, 0.1) is 26.3 Å². The fourth-order valence-electron chi connectivity index (χ4n) is 1.84. The Morgan fingerprint density at radius 2 is 1.50 bits per heavy atom. The fourth-order valence-corrected chi connectivity index (χ4v) is 1.84. The number of likely N-dealkylation sites (tertiary alicyclic amines) is 1. The van der Waals surface area contributed by atoms with Gasteiger partial charge in [-0.1, -0.05) is 13.8 Å². The molecule has 0 saturated carbocycles. The third-order valence-electron chi connectivity index (χ3n) is 2.78. The van der Waals surface area contributed by atoms with Crippen LogP contribution < -0.4 is 0 Å². The van der Waals surface area contributed by atoms with Gasteiger partial charge in [-0.25, -0.2) is 8.78 Å². The van der Waals surface area contributed by atoms with E-state index in [0.717, 1.165) is 26.3 Å². The van der Waals surface area contributed by atoms with Crippen molar-refractivity contribution in [1.29, 1.82) is 0 Å². The second-order valence-electron chi connectivity index (χ2n) is 4.77. The highest BCUT2D eigenvalue weighted by molar-refractivity contribution is 4.83. The summed E-state index contributed by atoms with van der Waals surface area (Å²) in [4.78, 5) is 4.02. The van der Waals surface area contributed by atoms with Crippen LogP contribution in [0.3, 0.4) is 0 Å². The zero-order valence-corrected chi connectivity index (χ0v) is 12.4. The zero-order valence-electron chi connectivity index (χ0n) is 12.4. The SMILES string of the molecule is CC.CC(C)N1CCOCC1.CN1CC(F)(F)C1. The summed E-state index contributed by atoms with van der Waals surface area (Å²) in [5.74, 6) is -2.38. The highest BCUT2D eigenvalue weighted by Gasteiger charge is 2.41. The van der Waals surface area contributed by atoms with Gasteiger partial charge in [0.1, 0.15) is 0 Å². The number of morpholine rings is 1. The summed E-state index contributed by atoms with van der Waals surface area (Å²) in [7, 11) is 1.68. The molecule has 2 fully saturated rings. The van der Waals surface area contributed by atoms with Crippen molar-refractivity contribution in [3.8, 4) is 0 Å². The van der Waals surface area contributed by atoms with Crippen LogP contribution in [0, 0.1) is 0 Å². The van der Waals surface area contributed by atoms with E-state index in [4.69, 9.17) is 4.74 Å². The molecule has 110 valence electrons. The highest BCUT2D eigenvalue weighted by Crippen LogP contribution is 2.23. The molecule has 18 heavy (non-hydrogen) atoms. The minimum absolute atomic E-state index is 0.0625. The molecular weight excluding hydrogens is 238 g/mol. The standard InChI is InChI=1S/C7H15NO.C4H7F2N.C2H6/c1-7(2)8-3-5-9-6-4-8;1-7-2-4(5,6)3-7;1-2/h7H,3-6H2,1-2H3;2-3H2,1H3;1-2H3. The first kappa shape index (κ1) is 17.7. The van der Waals surface area contributed by atoms with Crippen molar-refractivity contribution in [2.45, 2.75) is 39.7 Å². The van der Waals surface area contributed by atoms with Crippen LogP contribution in [0.15, 0.2) is 0 Å². The Morgan fingerprint density at radius 1 is 1.06 bits per heavy atom. The van der Waals surface area contributed by atoms with E-state index in [2.05, 4.69) is 18.7 Å². The van der Waals surface area contributed by atoms with Gasteiger partial charge in [0.2, 0.25) is 0 Å². The molecule has 0 bridgehead atoms. The van der Waals surface area contributed by atoms with Crippen LogP contribution in [0.2, 0.25) is 0 Å². The van der Waals surface area contributed by atoms with E-state index < -0.39 is 5.92 Å². The smallest absolute Gasteiger partial charge is 0.272 e. The monoisotopic (exact) mass is 266 g/mol. The third-order valence-corrected chi connectivity index (χ3v) is 2.78. The van der Waals surface area contributed by atoms with E-state index in [1.165, 1.54) is 0 Å². The maximum atomic E-state index is 11.7. The molecule has 0 radical (unpaired) electrons. The fraction of sp³-hybridized carbons (Fsp3) is 1.00. The van der Waals surface area contributed by atoms with Gasteiger partial charge in [-0.3, -0.25) is 9.80 Å². The van der Waals surface area contributed by atoms with E-state index in [1.807, 2.05) is 13.8 Å². The highest BCUT2D eigenvalue weighted by atomic mass is 19.3. The van der Waals surface area contributed by atoms with Gasteiger partial charge in [-0.15, -0.1) is 0 Å².